The summed E-state index contributed by atoms with van der Waals surface area (Å²) < 4.78 is 4.52. The lowest BCUT2D eigenvalue weighted by Gasteiger charge is -2.01. The Bertz CT molecular complexity index is 313. The predicted octanol–water partition coefficient (Wildman–Crippen LogP) is 1.23. The molecule has 0 amide bonds. The molecule has 1 heterocycles. The van der Waals surface area contributed by atoms with Crippen molar-refractivity contribution >= 4 is 17.7 Å². The Morgan fingerprint density at radius 3 is 2.93 bits per heavy atom. The van der Waals surface area contributed by atoms with E-state index in [9.17, 15) is 4.79 Å². The number of thioether (sulfide) groups is 1. The molecule has 5 heteroatoms. The average Bonchev–Trinajstić information content (AvgIpc) is 2.29. The number of carbonyl (C=O) groups excluding carboxylic acids is 1. The second kappa shape index (κ2) is 6.42. The van der Waals surface area contributed by atoms with Crippen molar-refractivity contribution in [2.24, 2.45) is 0 Å². The van der Waals surface area contributed by atoms with Crippen LogP contribution in [0.3, 0.4) is 0 Å². The quantitative estimate of drug-likeness (QED) is 0.605. The summed E-state index contributed by atoms with van der Waals surface area (Å²) in [6, 6.07) is 3.64. The molecule has 0 aliphatic carbocycles. The van der Waals surface area contributed by atoms with Crippen LogP contribution in [0.1, 0.15) is 12.0 Å². The van der Waals surface area contributed by atoms with Gasteiger partial charge in [0.25, 0.3) is 0 Å². The number of esters is 1. The molecule has 15 heavy (non-hydrogen) atoms. The minimum Gasteiger partial charge on any atom is -0.469 e. The van der Waals surface area contributed by atoms with E-state index in [2.05, 4.69) is 9.72 Å². The van der Waals surface area contributed by atoms with E-state index in [1.54, 1.807) is 6.20 Å². The van der Waals surface area contributed by atoms with Crippen LogP contribution in [0.4, 0.5) is 0 Å². The van der Waals surface area contributed by atoms with Gasteiger partial charge in [-0.25, -0.2) is 4.98 Å². The summed E-state index contributed by atoms with van der Waals surface area (Å²) in [6.45, 7) is 0.000106. The molecule has 0 saturated carbocycles. The summed E-state index contributed by atoms with van der Waals surface area (Å²) in [6.07, 6.45) is 2.01. The van der Waals surface area contributed by atoms with E-state index in [1.807, 2.05) is 12.1 Å². The van der Waals surface area contributed by atoms with Crippen LogP contribution in [0.5, 0.6) is 0 Å². The van der Waals surface area contributed by atoms with Crippen LogP contribution >= 0.6 is 11.8 Å². The van der Waals surface area contributed by atoms with Gasteiger partial charge >= 0.3 is 5.97 Å². The van der Waals surface area contributed by atoms with Gasteiger partial charge in [-0.2, -0.15) is 0 Å². The highest BCUT2D eigenvalue weighted by Gasteiger charge is 2.01. The Labute approximate surface area is 92.7 Å². The molecule has 1 N–H and O–H groups in total. The summed E-state index contributed by atoms with van der Waals surface area (Å²) in [7, 11) is 1.38. The van der Waals surface area contributed by atoms with Crippen LogP contribution in [0.2, 0.25) is 0 Å². The Kier molecular flexibility index (Phi) is 5.14. The number of ether oxygens (including phenoxy) is 1. The highest BCUT2D eigenvalue weighted by atomic mass is 32.2. The first-order valence-corrected chi connectivity index (χ1v) is 5.50. The lowest BCUT2D eigenvalue weighted by atomic mass is 10.3. The van der Waals surface area contributed by atoms with E-state index in [0.717, 1.165) is 10.6 Å². The molecular formula is C10H13NO3S. The van der Waals surface area contributed by atoms with Gasteiger partial charge in [0.1, 0.15) is 0 Å². The van der Waals surface area contributed by atoms with Crippen molar-refractivity contribution in [1.82, 2.24) is 4.98 Å². The number of aromatic nitrogens is 1. The number of aliphatic hydroxyl groups is 1. The van der Waals surface area contributed by atoms with E-state index < -0.39 is 0 Å². The first kappa shape index (κ1) is 12.0. The van der Waals surface area contributed by atoms with Crippen LogP contribution in [0.15, 0.2) is 23.4 Å². The molecule has 0 aliphatic heterocycles. The van der Waals surface area contributed by atoms with Crippen LogP contribution in [-0.2, 0) is 16.1 Å². The average molecular weight is 227 g/mol. The Morgan fingerprint density at radius 2 is 2.40 bits per heavy atom. The van der Waals surface area contributed by atoms with Crippen molar-refractivity contribution in [3.8, 4) is 0 Å². The van der Waals surface area contributed by atoms with Crippen molar-refractivity contribution < 1.29 is 14.6 Å². The maximum Gasteiger partial charge on any atom is 0.306 e. The van der Waals surface area contributed by atoms with Gasteiger partial charge in [0, 0.05) is 11.9 Å². The first-order chi connectivity index (χ1) is 7.26. The second-order valence-corrected chi connectivity index (χ2v) is 3.95. The second-order valence-electron chi connectivity index (χ2n) is 2.84. The zero-order valence-electron chi connectivity index (χ0n) is 8.47. The molecular weight excluding hydrogens is 214 g/mol. The molecule has 1 aromatic heterocycles. The van der Waals surface area contributed by atoms with Crippen molar-refractivity contribution in [3.63, 3.8) is 0 Å². The summed E-state index contributed by atoms with van der Waals surface area (Å²) in [5.74, 6) is 0.437. The third-order valence-corrected chi connectivity index (χ3v) is 2.71. The molecule has 0 unspecified atom stereocenters. The van der Waals surface area contributed by atoms with Gasteiger partial charge in [-0.1, -0.05) is 6.07 Å². The minimum absolute atomic E-state index is 0.000106. The molecule has 0 atom stereocenters. The zero-order valence-corrected chi connectivity index (χ0v) is 9.29. The summed E-state index contributed by atoms with van der Waals surface area (Å²) >= 11 is 1.49. The molecule has 0 saturated heterocycles. The molecule has 1 rings (SSSR count). The number of aliphatic hydroxyl groups excluding tert-OH is 1. The number of hydrogen-bond acceptors (Lipinski definition) is 5. The number of pyridine rings is 1. The SMILES string of the molecule is COC(=O)CCSc1ccc(CO)cn1. The Balaban J connectivity index is 2.34. The maximum absolute atomic E-state index is 10.8. The maximum atomic E-state index is 10.8. The third kappa shape index (κ3) is 4.31. The minimum atomic E-state index is -0.213. The predicted molar refractivity (Wildman–Crippen MR) is 57.5 cm³/mol. The van der Waals surface area contributed by atoms with E-state index in [4.69, 9.17) is 5.11 Å². The molecule has 0 spiro atoms. The molecule has 0 aliphatic rings. The van der Waals surface area contributed by atoms with E-state index in [0.29, 0.717) is 12.2 Å². The van der Waals surface area contributed by atoms with Crippen LogP contribution in [0.25, 0.3) is 0 Å². The number of rotatable bonds is 5. The summed E-state index contributed by atoms with van der Waals surface area (Å²) in [4.78, 5) is 14.9. The van der Waals surface area contributed by atoms with Gasteiger partial charge in [0.2, 0.25) is 0 Å². The molecule has 0 fully saturated rings. The highest BCUT2D eigenvalue weighted by molar-refractivity contribution is 7.99. The van der Waals surface area contributed by atoms with Gasteiger partial charge in [0.15, 0.2) is 0 Å². The van der Waals surface area contributed by atoms with Gasteiger partial charge < -0.3 is 9.84 Å². The first-order valence-electron chi connectivity index (χ1n) is 4.51. The fourth-order valence-corrected chi connectivity index (χ4v) is 1.70. The van der Waals surface area contributed by atoms with Crippen LogP contribution < -0.4 is 0 Å². The van der Waals surface area contributed by atoms with E-state index >= 15 is 0 Å². The molecule has 0 bridgehead atoms. The van der Waals surface area contributed by atoms with Crippen LogP contribution in [-0.4, -0.2) is 28.9 Å². The molecule has 4 nitrogen and oxygen atoms in total. The standard InChI is InChI=1S/C10H13NO3S/c1-14-10(13)4-5-15-9-3-2-8(7-12)6-11-9/h2-3,6,12H,4-5,7H2,1H3. The molecule has 1 aromatic rings. The summed E-state index contributed by atoms with van der Waals surface area (Å²) in [5.41, 5.74) is 0.785. The van der Waals surface area contributed by atoms with Gasteiger partial charge in [-0.3, -0.25) is 4.79 Å². The van der Waals surface area contributed by atoms with Gasteiger partial charge in [-0.15, -0.1) is 11.8 Å². The fourth-order valence-electron chi connectivity index (χ4n) is 0.931. The Hall–Kier alpha value is -1.07. The molecule has 0 radical (unpaired) electrons. The molecule has 82 valence electrons. The monoisotopic (exact) mass is 227 g/mol. The zero-order chi connectivity index (χ0) is 11.1. The van der Waals surface area contributed by atoms with Crippen molar-refractivity contribution in [1.29, 1.82) is 0 Å². The van der Waals surface area contributed by atoms with E-state index in [-0.39, 0.29) is 12.6 Å². The number of hydrogen-bond donors (Lipinski definition) is 1. The highest BCUT2D eigenvalue weighted by Crippen LogP contribution is 2.16. The third-order valence-electron chi connectivity index (χ3n) is 1.76. The van der Waals surface area contributed by atoms with Crippen molar-refractivity contribution in [2.75, 3.05) is 12.9 Å². The topological polar surface area (TPSA) is 59.4 Å². The Morgan fingerprint density at radius 1 is 1.60 bits per heavy atom. The lowest BCUT2D eigenvalue weighted by Crippen LogP contribution is -2.01. The van der Waals surface area contributed by atoms with Crippen molar-refractivity contribution in [2.45, 2.75) is 18.1 Å². The number of nitrogens with zero attached hydrogens (tertiary/aromatic N) is 1. The van der Waals surface area contributed by atoms with Gasteiger partial charge in [0.05, 0.1) is 25.2 Å². The lowest BCUT2D eigenvalue weighted by molar-refractivity contribution is -0.140. The fraction of sp³-hybridized carbons (Fsp3) is 0.400. The smallest absolute Gasteiger partial charge is 0.306 e. The van der Waals surface area contributed by atoms with Crippen LogP contribution in [0, 0.1) is 0 Å². The number of carbonyl (C=O) groups is 1. The number of methoxy groups -OCH3 is 1. The largest absolute Gasteiger partial charge is 0.469 e. The van der Waals surface area contributed by atoms with Gasteiger partial charge in [-0.05, 0) is 11.6 Å². The molecule has 0 aromatic carbocycles. The summed E-state index contributed by atoms with van der Waals surface area (Å²) in [5, 5.41) is 9.64. The normalized spacial score (nSPS) is 10.0. The van der Waals surface area contributed by atoms with Crippen molar-refractivity contribution in [3.05, 3.63) is 23.9 Å². The van der Waals surface area contributed by atoms with E-state index in [1.165, 1.54) is 18.9 Å².